The lowest BCUT2D eigenvalue weighted by atomic mass is 10.2. The van der Waals surface area contributed by atoms with Crippen LogP contribution < -0.4 is 5.73 Å². The topological polar surface area (TPSA) is 70.9 Å². The SMILES string of the molecule is CCCc1nn(C)c2c1nc(N)n2CCCOC. The molecule has 2 aromatic heterocycles. The minimum atomic E-state index is 0.562. The number of ether oxygens (including phenoxy) is 1. The quantitative estimate of drug-likeness (QED) is 0.786. The van der Waals surface area contributed by atoms with E-state index < -0.39 is 0 Å². The summed E-state index contributed by atoms with van der Waals surface area (Å²) < 4.78 is 8.96. The van der Waals surface area contributed by atoms with Crippen molar-refractivity contribution in [3.05, 3.63) is 5.69 Å². The molecule has 0 fully saturated rings. The largest absolute Gasteiger partial charge is 0.385 e. The van der Waals surface area contributed by atoms with E-state index in [2.05, 4.69) is 17.0 Å². The van der Waals surface area contributed by atoms with Gasteiger partial charge in [-0.05, 0) is 12.8 Å². The lowest BCUT2D eigenvalue weighted by molar-refractivity contribution is 0.190. The fraction of sp³-hybridized carbons (Fsp3) is 0.667. The molecule has 0 aliphatic rings. The smallest absolute Gasteiger partial charge is 0.202 e. The van der Waals surface area contributed by atoms with Crippen LogP contribution in [0, 0.1) is 0 Å². The van der Waals surface area contributed by atoms with Crippen LogP contribution in [-0.4, -0.2) is 33.0 Å². The zero-order valence-corrected chi connectivity index (χ0v) is 11.3. The first kappa shape index (κ1) is 12.9. The van der Waals surface area contributed by atoms with E-state index in [4.69, 9.17) is 10.5 Å². The van der Waals surface area contributed by atoms with E-state index in [1.807, 2.05) is 16.3 Å². The zero-order valence-electron chi connectivity index (χ0n) is 11.3. The van der Waals surface area contributed by atoms with Gasteiger partial charge < -0.3 is 10.5 Å². The molecule has 0 atom stereocenters. The Morgan fingerprint density at radius 3 is 2.83 bits per heavy atom. The predicted molar refractivity (Wildman–Crippen MR) is 71.4 cm³/mol. The number of fused-ring (bicyclic) bond motifs is 1. The van der Waals surface area contributed by atoms with Crippen LogP contribution in [0.1, 0.15) is 25.5 Å². The maximum Gasteiger partial charge on any atom is 0.202 e. The molecule has 2 aromatic rings. The number of hydrogen-bond donors (Lipinski definition) is 1. The van der Waals surface area contributed by atoms with Crippen molar-refractivity contribution in [3.63, 3.8) is 0 Å². The first-order chi connectivity index (χ1) is 8.69. The van der Waals surface area contributed by atoms with Crippen molar-refractivity contribution in [2.24, 2.45) is 7.05 Å². The number of imidazole rings is 1. The van der Waals surface area contributed by atoms with Crippen molar-refractivity contribution in [2.75, 3.05) is 19.5 Å². The Morgan fingerprint density at radius 2 is 2.17 bits per heavy atom. The molecule has 0 spiro atoms. The molecule has 6 nitrogen and oxygen atoms in total. The molecule has 0 saturated heterocycles. The van der Waals surface area contributed by atoms with Gasteiger partial charge in [-0.1, -0.05) is 13.3 Å². The summed E-state index contributed by atoms with van der Waals surface area (Å²) in [7, 11) is 3.64. The first-order valence-corrected chi connectivity index (χ1v) is 6.35. The van der Waals surface area contributed by atoms with E-state index >= 15 is 0 Å². The van der Waals surface area contributed by atoms with E-state index in [1.54, 1.807) is 7.11 Å². The summed E-state index contributed by atoms with van der Waals surface area (Å²) in [6.07, 6.45) is 2.91. The molecule has 0 bridgehead atoms. The van der Waals surface area contributed by atoms with Gasteiger partial charge in [0.1, 0.15) is 5.52 Å². The Bertz CT molecular complexity index is 528. The summed E-state index contributed by atoms with van der Waals surface area (Å²) in [5.41, 5.74) is 8.96. The molecule has 0 unspecified atom stereocenters. The number of aryl methyl sites for hydroxylation is 3. The van der Waals surface area contributed by atoms with E-state index in [0.717, 1.165) is 49.3 Å². The minimum Gasteiger partial charge on any atom is -0.385 e. The highest BCUT2D eigenvalue weighted by atomic mass is 16.5. The fourth-order valence-electron chi connectivity index (χ4n) is 2.25. The van der Waals surface area contributed by atoms with Crippen LogP contribution in [-0.2, 0) is 24.8 Å². The minimum absolute atomic E-state index is 0.562. The standard InChI is InChI=1S/C12H21N5O/c1-4-6-9-10-11(16(2)15-9)17(12(13)14-10)7-5-8-18-3/h4-8H2,1-3H3,(H2,13,14). The summed E-state index contributed by atoms with van der Waals surface area (Å²) in [6, 6.07) is 0. The number of nitrogen functional groups attached to an aromatic ring is 1. The molecule has 2 heterocycles. The highest BCUT2D eigenvalue weighted by Gasteiger charge is 2.16. The molecule has 0 amide bonds. The van der Waals surface area contributed by atoms with Gasteiger partial charge >= 0.3 is 0 Å². The molecule has 0 aromatic carbocycles. The second kappa shape index (κ2) is 5.39. The number of hydrogen-bond acceptors (Lipinski definition) is 4. The summed E-state index contributed by atoms with van der Waals surface area (Å²) in [4.78, 5) is 4.45. The van der Waals surface area contributed by atoms with Crippen LogP contribution in [0.2, 0.25) is 0 Å². The van der Waals surface area contributed by atoms with Gasteiger partial charge in [0.25, 0.3) is 0 Å². The maximum absolute atomic E-state index is 5.98. The van der Waals surface area contributed by atoms with E-state index in [1.165, 1.54) is 0 Å². The highest BCUT2D eigenvalue weighted by molar-refractivity contribution is 5.77. The summed E-state index contributed by atoms with van der Waals surface area (Å²) in [5.74, 6) is 0.562. The van der Waals surface area contributed by atoms with Gasteiger partial charge in [-0.15, -0.1) is 0 Å². The van der Waals surface area contributed by atoms with Crippen molar-refractivity contribution >= 4 is 17.1 Å². The Kier molecular flexibility index (Phi) is 3.86. The van der Waals surface area contributed by atoms with Crippen LogP contribution in [0.4, 0.5) is 5.95 Å². The molecule has 0 radical (unpaired) electrons. The molecule has 0 aliphatic heterocycles. The predicted octanol–water partition coefficient (Wildman–Crippen LogP) is 1.34. The Hall–Kier alpha value is -1.56. The molecule has 2 N–H and O–H groups in total. The monoisotopic (exact) mass is 251 g/mol. The summed E-state index contributed by atoms with van der Waals surface area (Å²) in [6.45, 7) is 3.67. The van der Waals surface area contributed by atoms with E-state index in [9.17, 15) is 0 Å². The van der Waals surface area contributed by atoms with Gasteiger partial charge in [0, 0.05) is 27.3 Å². The van der Waals surface area contributed by atoms with Crippen LogP contribution in [0.3, 0.4) is 0 Å². The van der Waals surface area contributed by atoms with Crippen LogP contribution >= 0.6 is 0 Å². The Morgan fingerprint density at radius 1 is 1.39 bits per heavy atom. The molecular formula is C12H21N5O. The number of rotatable bonds is 6. The van der Waals surface area contributed by atoms with Gasteiger partial charge in [-0.3, -0.25) is 9.25 Å². The van der Waals surface area contributed by atoms with Crippen LogP contribution in [0.5, 0.6) is 0 Å². The lowest BCUT2D eigenvalue weighted by Gasteiger charge is -2.06. The normalized spacial score (nSPS) is 11.5. The van der Waals surface area contributed by atoms with Crippen molar-refractivity contribution in [1.29, 1.82) is 0 Å². The van der Waals surface area contributed by atoms with Crippen molar-refractivity contribution in [3.8, 4) is 0 Å². The van der Waals surface area contributed by atoms with Gasteiger partial charge in [0.05, 0.1) is 5.69 Å². The van der Waals surface area contributed by atoms with Crippen LogP contribution in [0.25, 0.3) is 11.2 Å². The molecule has 100 valence electrons. The lowest BCUT2D eigenvalue weighted by Crippen LogP contribution is -2.08. The van der Waals surface area contributed by atoms with E-state index in [-0.39, 0.29) is 0 Å². The van der Waals surface area contributed by atoms with Crippen molar-refractivity contribution in [2.45, 2.75) is 32.7 Å². The average Bonchev–Trinajstić information content (AvgIpc) is 2.80. The van der Waals surface area contributed by atoms with E-state index in [0.29, 0.717) is 5.95 Å². The third kappa shape index (κ3) is 2.20. The highest BCUT2D eigenvalue weighted by Crippen LogP contribution is 2.22. The fourth-order valence-corrected chi connectivity index (χ4v) is 2.25. The number of anilines is 1. The Labute approximate surface area is 107 Å². The molecule has 18 heavy (non-hydrogen) atoms. The number of nitrogens with zero attached hydrogens (tertiary/aromatic N) is 4. The second-order valence-corrected chi connectivity index (χ2v) is 4.46. The summed E-state index contributed by atoms with van der Waals surface area (Å²) >= 11 is 0. The van der Waals surface area contributed by atoms with Gasteiger partial charge in [0.15, 0.2) is 5.65 Å². The first-order valence-electron chi connectivity index (χ1n) is 6.35. The molecule has 0 saturated carbocycles. The van der Waals surface area contributed by atoms with Gasteiger partial charge in [-0.25, -0.2) is 4.98 Å². The molecular weight excluding hydrogens is 230 g/mol. The molecule has 2 rings (SSSR count). The van der Waals surface area contributed by atoms with Crippen LogP contribution in [0.15, 0.2) is 0 Å². The van der Waals surface area contributed by atoms with Gasteiger partial charge in [-0.2, -0.15) is 5.10 Å². The zero-order chi connectivity index (χ0) is 13.1. The average molecular weight is 251 g/mol. The van der Waals surface area contributed by atoms with Crippen molar-refractivity contribution in [1.82, 2.24) is 19.3 Å². The third-order valence-corrected chi connectivity index (χ3v) is 3.04. The van der Waals surface area contributed by atoms with Gasteiger partial charge in [0.2, 0.25) is 5.95 Å². The Balaban J connectivity index is 2.37. The number of nitrogens with two attached hydrogens (primary N) is 1. The summed E-state index contributed by atoms with van der Waals surface area (Å²) in [5, 5.41) is 4.52. The molecule has 0 aliphatic carbocycles. The third-order valence-electron chi connectivity index (χ3n) is 3.04. The number of aromatic nitrogens is 4. The molecule has 6 heteroatoms. The maximum atomic E-state index is 5.98. The second-order valence-electron chi connectivity index (χ2n) is 4.46. The number of methoxy groups -OCH3 is 1. The van der Waals surface area contributed by atoms with Crippen molar-refractivity contribution < 1.29 is 4.74 Å².